The highest BCUT2D eigenvalue weighted by molar-refractivity contribution is 14.2. The molecule has 21 heavy (non-hydrogen) atoms. The molecule has 0 saturated heterocycles. The number of halogens is 1. The molecule has 0 amide bonds. The van der Waals surface area contributed by atoms with Crippen molar-refractivity contribution in [3.63, 3.8) is 0 Å². The fourth-order valence-corrected chi connectivity index (χ4v) is 4.75. The van der Waals surface area contributed by atoms with Gasteiger partial charge >= 0.3 is 0 Å². The van der Waals surface area contributed by atoms with Gasteiger partial charge in [0, 0.05) is 54.1 Å². The Bertz CT molecular complexity index is 730. The standard InChI is InChI=1S/C18H19IN2/c1-12-18(13(2)21-19-12)15-9-10-17(20-3)16(11-15)14-7-5-4-6-8-14/h4-11,20-21H,1-3H3. The summed E-state index contributed by atoms with van der Waals surface area (Å²) < 4.78 is 5.06. The molecule has 2 aromatic carbocycles. The summed E-state index contributed by atoms with van der Waals surface area (Å²) in [5.74, 6) is 0. The Kier molecular flexibility index (Phi) is 4.10. The molecule has 0 aliphatic carbocycles. The highest BCUT2D eigenvalue weighted by atomic mass is 127. The third kappa shape index (κ3) is 2.75. The molecule has 0 aromatic heterocycles. The quantitative estimate of drug-likeness (QED) is 0.581. The van der Waals surface area contributed by atoms with Crippen molar-refractivity contribution < 1.29 is 0 Å². The van der Waals surface area contributed by atoms with E-state index in [0.717, 1.165) is 0 Å². The maximum atomic E-state index is 3.54. The minimum atomic E-state index is -0.0266. The number of hydrogen-bond donors (Lipinski definition) is 2. The molecule has 0 atom stereocenters. The number of anilines is 1. The largest absolute Gasteiger partial charge is 0.388 e. The first-order valence-corrected chi connectivity index (χ1v) is 9.18. The van der Waals surface area contributed by atoms with Crippen molar-refractivity contribution in [3.8, 4) is 11.1 Å². The van der Waals surface area contributed by atoms with Crippen molar-refractivity contribution in [2.75, 3.05) is 12.4 Å². The van der Waals surface area contributed by atoms with Gasteiger partial charge in [0.2, 0.25) is 0 Å². The summed E-state index contributed by atoms with van der Waals surface area (Å²) in [4.78, 5) is 0. The number of benzene rings is 2. The predicted molar refractivity (Wildman–Crippen MR) is 102 cm³/mol. The van der Waals surface area contributed by atoms with Gasteiger partial charge in [-0.2, -0.15) is 0 Å². The van der Waals surface area contributed by atoms with Crippen LogP contribution >= 0.6 is 21.0 Å². The fourth-order valence-electron chi connectivity index (χ4n) is 2.68. The van der Waals surface area contributed by atoms with Gasteiger partial charge < -0.3 is 8.85 Å². The van der Waals surface area contributed by atoms with E-state index in [1.165, 1.54) is 37.2 Å². The molecule has 2 N–H and O–H groups in total. The van der Waals surface area contributed by atoms with Gasteiger partial charge in [-0.15, -0.1) is 0 Å². The Balaban J connectivity index is 2.15. The van der Waals surface area contributed by atoms with E-state index in [9.17, 15) is 0 Å². The second-order valence-electron chi connectivity index (χ2n) is 5.10. The molecule has 1 aliphatic rings. The van der Waals surface area contributed by atoms with E-state index >= 15 is 0 Å². The van der Waals surface area contributed by atoms with Crippen LogP contribution < -0.4 is 8.85 Å². The molecule has 0 unspecified atom stereocenters. The van der Waals surface area contributed by atoms with Crippen LogP contribution in [-0.4, -0.2) is 10.6 Å². The maximum Gasteiger partial charge on any atom is 0.0417 e. The molecule has 1 aliphatic heterocycles. The lowest BCUT2D eigenvalue weighted by Crippen LogP contribution is -1.99. The van der Waals surface area contributed by atoms with Gasteiger partial charge in [-0.05, 0) is 37.1 Å². The third-order valence-electron chi connectivity index (χ3n) is 3.71. The number of rotatable bonds is 3. The van der Waals surface area contributed by atoms with Gasteiger partial charge in [-0.25, -0.2) is 0 Å². The molecular formula is C18H19IN2. The summed E-state index contributed by atoms with van der Waals surface area (Å²) >= 11 is -0.0266. The highest BCUT2D eigenvalue weighted by Crippen LogP contribution is 2.34. The van der Waals surface area contributed by atoms with E-state index < -0.39 is 0 Å². The van der Waals surface area contributed by atoms with Crippen molar-refractivity contribution in [1.82, 2.24) is 3.53 Å². The van der Waals surface area contributed by atoms with E-state index in [1.807, 2.05) is 7.05 Å². The average Bonchev–Trinajstić information content (AvgIpc) is 2.86. The Morgan fingerprint density at radius 2 is 1.71 bits per heavy atom. The summed E-state index contributed by atoms with van der Waals surface area (Å²) in [5, 5.41) is 3.30. The summed E-state index contributed by atoms with van der Waals surface area (Å²) in [7, 11) is 1.98. The topological polar surface area (TPSA) is 24.1 Å². The van der Waals surface area contributed by atoms with Crippen LogP contribution in [0.25, 0.3) is 16.7 Å². The van der Waals surface area contributed by atoms with E-state index in [0.29, 0.717) is 0 Å². The second kappa shape index (κ2) is 6.02. The Morgan fingerprint density at radius 3 is 2.33 bits per heavy atom. The zero-order valence-corrected chi connectivity index (χ0v) is 14.7. The van der Waals surface area contributed by atoms with Crippen molar-refractivity contribution in [2.24, 2.45) is 0 Å². The fraction of sp³-hybridized carbons (Fsp3) is 0.167. The number of allylic oxidation sites excluding steroid dienone is 2. The van der Waals surface area contributed by atoms with Gasteiger partial charge in [0.1, 0.15) is 0 Å². The first-order chi connectivity index (χ1) is 10.2. The smallest absolute Gasteiger partial charge is 0.0417 e. The molecule has 0 fully saturated rings. The van der Waals surface area contributed by atoms with Gasteiger partial charge in [0.05, 0.1) is 0 Å². The molecule has 2 aromatic rings. The molecule has 0 spiro atoms. The van der Waals surface area contributed by atoms with E-state index in [1.54, 1.807) is 0 Å². The Labute approximate surface area is 136 Å². The van der Waals surface area contributed by atoms with Crippen molar-refractivity contribution >= 4 is 35.8 Å². The minimum Gasteiger partial charge on any atom is -0.388 e. The minimum absolute atomic E-state index is 0.0266. The van der Waals surface area contributed by atoms with Crippen LogP contribution in [0, 0.1) is 0 Å². The SMILES string of the molecule is CNc1ccc(C2=C(C)NI=C2C)cc1-c1ccccc1. The monoisotopic (exact) mass is 390 g/mol. The van der Waals surface area contributed by atoms with Crippen LogP contribution in [0.4, 0.5) is 5.69 Å². The van der Waals surface area contributed by atoms with Crippen molar-refractivity contribution in [3.05, 3.63) is 59.8 Å². The van der Waals surface area contributed by atoms with Crippen LogP contribution in [0.5, 0.6) is 0 Å². The lowest BCUT2D eigenvalue weighted by Gasteiger charge is -2.13. The molecule has 0 saturated carbocycles. The summed E-state index contributed by atoms with van der Waals surface area (Å²) in [6.07, 6.45) is 0. The zero-order chi connectivity index (χ0) is 14.8. The van der Waals surface area contributed by atoms with Gasteiger partial charge in [-0.3, -0.25) is 0 Å². The maximum absolute atomic E-state index is 3.54. The molecule has 0 radical (unpaired) electrons. The van der Waals surface area contributed by atoms with Crippen LogP contribution in [0.1, 0.15) is 19.4 Å². The van der Waals surface area contributed by atoms with Crippen LogP contribution in [0.15, 0.2) is 54.2 Å². The normalized spacial score (nSPS) is 14.3. The average molecular weight is 390 g/mol. The Hall–Kier alpha value is -1.62. The molecule has 3 rings (SSSR count). The Morgan fingerprint density at radius 1 is 0.952 bits per heavy atom. The first kappa shape index (κ1) is 14.3. The molecule has 0 bridgehead atoms. The summed E-state index contributed by atoms with van der Waals surface area (Å²) in [6.45, 7) is 4.43. The molecule has 2 nitrogen and oxygen atoms in total. The van der Waals surface area contributed by atoms with Crippen LogP contribution in [0.3, 0.4) is 0 Å². The predicted octanol–water partition coefficient (Wildman–Crippen LogP) is 4.81. The van der Waals surface area contributed by atoms with Crippen molar-refractivity contribution in [2.45, 2.75) is 13.8 Å². The molecule has 1 heterocycles. The number of hydrogen-bond acceptors (Lipinski definition) is 2. The van der Waals surface area contributed by atoms with Crippen LogP contribution in [0.2, 0.25) is 0 Å². The lowest BCUT2D eigenvalue weighted by molar-refractivity contribution is 1.27. The van der Waals surface area contributed by atoms with Crippen molar-refractivity contribution in [1.29, 1.82) is 0 Å². The number of nitrogens with one attached hydrogen (secondary N) is 2. The lowest BCUT2D eigenvalue weighted by atomic mass is 9.95. The van der Waals surface area contributed by atoms with E-state index in [-0.39, 0.29) is 21.0 Å². The molecule has 3 heteroatoms. The van der Waals surface area contributed by atoms with Gasteiger partial charge in [-0.1, -0.05) is 36.4 Å². The summed E-state index contributed by atoms with van der Waals surface area (Å²) in [6, 6.07) is 17.3. The van der Waals surface area contributed by atoms with E-state index in [4.69, 9.17) is 0 Å². The zero-order valence-electron chi connectivity index (χ0n) is 12.5. The van der Waals surface area contributed by atoms with E-state index in [2.05, 4.69) is 71.2 Å². The highest BCUT2D eigenvalue weighted by Gasteiger charge is 2.15. The van der Waals surface area contributed by atoms with Crippen LogP contribution in [-0.2, 0) is 0 Å². The molecule has 108 valence electrons. The second-order valence-corrected chi connectivity index (χ2v) is 7.80. The third-order valence-corrected chi connectivity index (χ3v) is 6.14. The van der Waals surface area contributed by atoms with Gasteiger partial charge in [0.15, 0.2) is 0 Å². The first-order valence-electron chi connectivity index (χ1n) is 7.03. The van der Waals surface area contributed by atoms with Gasteiger partial charge in [0.25, 0.3) is 0 Å². The molecular weight excluding hydrogens is 371 g/mol. The summed E-state index contributed by atoms with van der Waals surface area (Å²) in [5.41, 5.74) is 7.71.